The van der Waals surface area contributed by atoms with E-state index in [1.54, 1.807) is 0 Å². The van der Waals surface area contributed by atoms with Gasteiger partial charge in [0.1, 0.15) is 0 Å². The lowest BCUT2D eigenvalue weighted by Crippen LogP contribution is -2.41. The Bertz CT molecular complexity index is 1050. The predicted molar refractivity (Wildman–Crippen MR) is 140 cm³/mol. The third kappa shape index (κ3) is 6.54. The molecular formula is C30H38N2O4. The molecule has 0 radical (unpaired) electrons. The van der Waals surface area contributed by atoms with E-state index in [0.717, 1.165) is 42.5 Å². The highest BCUT2D eigenvalue weighted by Crippen LogP contribution is 2.30. The summed E-state index contributed by atoms with van der Waals surface area (Å²) >= 11 is 0. The Morgan fingerprint density at radius 3 is 2.25 bits per heavy atom. The van der Waals surface area contributed by atoms with Crippen LogP contribution in [0.2, 0.25) is 0 Å². The van der Waals surface area contributed by atoms with Gasteiger partial charge >= 0.3 is 5.97 Å². The van der Waals surface area contributed by atoms with Crippen LogP contribution in [-0.2, 0) is 32.1 Å². The molecule has 6 nitrogen and oxygen atoms in total. The predicted octanol–water partition coefficient (Wildman–Crippen LogP) is 5.06. The summed E-state index contributed by atoms with van der Waals surface area (Å²) in [6, 6.07) is 16.2. The van der Waals surface area contributed by atoms with E-state index in [-0.39, 0.29) is 29.6 Å². The number of benzene rings is 2. The van der Waals surface area contributed by atoms with Gasteiger partial charge < -0.3 is 14.5 Å². The number of likely N-dealkylation sites (tertiary alicyclic amines) is 1. The molecule has 2 aromatic rings. The number of esters is 1. The zero-order valence-electron chi connectivity index (χ0n) is 21.6. The van der Waals surface area contributed by atoms with Gasteiger partial charge in [-0.3, -0.25) is 14.4 Å². The number of amides is 2. The largest absolute Gasteiger partial charge is 0.466 e. The first kappa shape index (κ1) is 25.9. The van der Waals surface area contributed by atoms with Crippen LogP contribution in [0.5, 0.6) is 0 Å². The number of aryl methyl sites for hydroxylation is 1. The SMILES string of the molecule is CCOC(=O)C1CCN(C(=O)Cc2ccc(N(Cc3cccc(C)c3)C(=O)C3CCCC3)cc2)CC1. The number of carbonyl (C=O) groups is 3. The number of rotatable bonds is 8. The summed E-state index contributed by atoms with van der Waals surface area (Å²) in [5.74, 6) is 0.104. The molecule has 0 aromatic heterocycles. The molecule has 6 heteroatoms. The topological polar surface area (TPSA) is 66.9 Å². The van der Waals surface area contributed by atoms with Crippen molar-refractivity contribution in [1.29, 1.82) is 0 Å². The molecule has 0 atom stereocenters. The summed E-state index contributed by atoms with van der Waals surface area (Å²) in [6.07, 6.45) is 5.78. The Labute approximate surface area is 214 Å². The summed E-state index contributed by atoms with van der Waals surface area (Å²) in [6.45, 7) is 5.99. The molecular weight excluding hydrogens is 452 g/mol. The summed E-state index contributed by atoms with van der Waals surface area (Å²) < 4.78 is 5.13. The first-order chi connectivity index (χ1) is 17.4. The molecule has 0 bridgehead atoms. The molecule has 192 valence electrons. The Morgan fingerprint density at radius 2 is 1.61 bits per heavy atom. The molecule has 2 aliphatic rings. The van der Waals surface area contributed by atoms with Gasteiger partial charge in [-0.15, -0.1) is 0 Å². The van der Waals surface area contributed by atoms with Gasteiger partial charge in [0.25, 0.3) is 0 Å². The van der Waals surface area contributed by atoms with Crippen molar-refractivity contribution in [3.8, 4) is 0 Å². The average Bonchev–Trinajstić information content (AvgIpc) is 3.43. The fraction of sp³-hybridized carbons (Fsp3) is 0.500. The number of hydrogen-bond donors (Lipinski definition) is 0. The Balaban J connectivity index is 1.40. The molecule has 2 amide bonds. The first-order valence-corrected chi connectivity index (χ1v) is 13.3. The molecule has 36 heavy (non-hydrogen) atoms. The van der Waals surface area contributed by atoms with Crippen molar-refractivity contribution >= 4 is 23.5 Å². The highest BCUT2D eigenvalue weighted by Gasteiger charge is 2.29. The van der Waals surface area contributed by atoms with Crippen LogP contribution in [0.25, 0.3) is 0 Å². The minimum Gasteiger partial charge on any atom is -0.466 e. The summed E-state index contributed by atoms with van der Waals surface area (Å²) in [7, 11) is 0. The Kier molecular flexibility index (Phi) is 8.79. The van der Waals surface area contributed by atoms with Crippen LogP contribution in [0.1, 0.15) is 62.1 Å². The highest BCUT2D eigenvalue weighted by molar-refractivity contribution is 5.95. The van der Waals surface area contributed by atoms with Crippen LogP contribution < -0.4 is 4.90 Å². The number of piperidine rings is 1. The van der Waals surface area contributed by atoms with E-state index in [2.05, 4.69) is 25.1 Å². The molecule has 1 aliphatic heterocycles. The third-order valence-corrected chi connectivity index (χ3v) is 7.46. The Hall–Kier alpha value is -3.15. The van der Waals surface area contributed by atoms with Crippen LogP contribution in [0.15, 0.2) is 48.5 Å². The minimum absolute atomic E-state index is 0.0729. The summed E-state index contributed by atoms with van der Waals surface area (Å²) in [5, 5.41) is 0. The molecule has 0 spiro atoms. The van der Waals surface area contributed by atoms with E-state index in [1.165, 1.54) is 5.56 Å². The van der Waals surface area contributed by atoms with E-state index >= 15 is 0 Å². The van der Waals surface area contributed by atoms with Gasteiger partial charge in [0.15, 0.2) is 0 Å². The first-order valence-electron chi connectivity index (χ1n) is 13.3. The maximum atomic E-state index is 13.5. The van der Waals surface area contributed by atoms with Gasteiger partial charge in [0.2, 0.25) is 11.8 Å². The second-order valence-electron chi connectivity index (χ2n) is 10.1. The molecule has 1 saturated carbocycles. The normalized spacial score (nSPS) is 16.7. The molecule has 0 N–H and O–H groups in total. The van der Waals surface area contributed by atoms with Crippen molar-refractivity contribution in [3.05, 3.63) is 65.2 Å². The van der Waals surface area contributed by atoms with Crippen LogP contribution in [0.4, 0.5) is 5.69 Å². The lowest BCUT2D eigenvalue weighted by atomic mass is 9.96. The minimum atomic E-state index is -0.150. The molecule has 1 aliphatic carbocycles. The van der Waals surface area contributed by atoms with E-state index in [4.69, 9.17) is 4.74 Å². The fourth-order valence-corrected chi connectivity index (χ4v) is 5.39. The van der Waals surface area contributed by atoms with Crippen molar-refractivity contribution < 1.29 is 19.1 Å². The zero-order chi connectivity index (χ0) is 25.5. The fourth-order valence-electron chi connectivity index (χ4n) is 5.39. The van der Waals surface area contributed by atoms with Gasteiger partial charge in [-0.1, -0.05) is 54.8 Å². The number of carbonyl (C=O) groups excluding carboxylic acids is 3. The molecule has 0 unspecified atom stereocenters. The highest BCUT2D eigenvalue weighted by atomic mass is 16.5. The standard InChI is InChI=1S/C30H38N2O4/c1-3-36-30(35)26-15-17-31(18-16-26)28(33)20-23-11-13-27(14-12-23)32(29(34)25-9-4-5-10-25)21-24-8-6-7-22(2)19-24/h6-8,11-14,19,25-26H,3-5,9-10,15-18,20-21H2,1-2H3. The molecule has 4 rings (SSSR count). The summed E-state index contributed by atoms with van der Waals surface area (Å²) in [5.41, 5.74) is 4.10. The number of hydrogen-bond acceptors (Lipinski definition) is 4. The second kappa shape index (κ2) is 12.2. The van der Waals surface area contributed by atoms with Crippen molar-refractivity contribution in [2.45, 2.75) is 65.3 Å². The maximum absolute atomic E-state index is 13.5. The van der Waals surface area contributed by atoms with Crippen LogP contribution in [0, 0.1) is 18.8 Å². The van der Waals surface area contributed by atoms with Gasteiger partial charge in [-0.25, -0.2) is 0 Å². The van der Waals surface area contributed by atoms with E-state index in [9.17, 15) is 14.4 Å². The molecule has 2 fully saturated rings. The van der Waals surface area contributed by atoms with Gasteiger partial charge in [-0.2, -0.15) is 0 Å². The molecule has 1 saturated heterocycles. The van der Waals surface area contributed by atoms with Crippen LogP contribution in [0.3, 0.4) is 0 Å². The number of ether oxygens (including phenoxy) is 1. The lowest BCUT2D eigenvalue weighted by molar-refractivity contribution is -0.151. The van der Waals surface area contributed by atoms with Crippen LogP contribution in [-0.4, -0.2) is 42.4 Å². The number of nitrogens with zero attached hydrogens (tertiary/aromatic N) is 2. The smallest absolute Gasteiger partial charge is 0.309 e. The van der Waals surface area contributed by atoms with E-state index in [1.807, 2.05) is 47.1 Å². The number of anilines is 1. The van der Waals surface area contributed by atoms with Crippen molar-refractivity contribution in [3.63, 3.8) is 0 Å². The molecule has 2 aromatic carbocycles. The zero-order valence-corrected chi connectivity index (χ0v) is 21.6. The maximum Gasteiger partial charge on any atom is 0.309 e. The third-order valence-electron chi connectivity index (χ3n) is 7.46. The Morgan fingerprint density at radius 1 is 0.917 bits per heavy atom. The van der Waals surface area contributed by atoms with Crippen LogP contribution >= 0.6 is 0 Å². The van der Waals surface area contributed by atoms with Gasteiger partial charge in [0, 0.05) is 24.7 Å². The summed E-state index contributed by atoms with van der Waals surface area (Å²) in [4.78, 5) is 42.1. The lowest BCUT2D eigenvalue weighted by Gasteiger charge is -2.31. The van der Waals surface area contributed by atoms with Gasteiger partial charge in [-0.05, 0) is 62.8 Å². The van der Waals surface area contributed by atoms with E-state index < -0.39 is 0 Å². The second-order valence-corrected chi connectivity index (χ2v) is 10.1. The quantitative estimate of drug-likeness (QED) is 0.485. The van der Waals surface area contributed by atoms with Crippen molar-refractivity contribution in [1.82, 2.24) is 4.90 Å². The monoisotopic (exact) mass is 490 g/mol. The van der Waals surface area contributed by atoms with Crippen molar-refractivity contribution in [2.75, 3.05) is 24.6 Å². The average molecular weight is 491 g/mol. The van der Waals surface area contributed by atoms with E-state index in [0.29, 0.717) is 45.5 Å². The van der Waals surface area contributed by atoms with Gasteiger partial charge in [0.05, 0.1) is 25.5 Å². The van der Waals surface area contributed by atoms with Crippen molar-refractivity contribution in [2.24, 2.45) is 11.8 Å². The molecule has 1 heterocycles.